The molecule has 1 N–H and O–H groups in total. The van der Waals surface area contributed by atoms with Crippen molar-refractivity contribution in [3.63, 3.8) is 0 Å². The summed E-state index contributed by atoms with van der Waals surface area (Å²) in [5, 5.41) is 3.43. The molecule has 3 heteroatoms. The Morgan fingerprint density at radius 1 is 1.15 bits per heavy atom. The summed E-state index contributed by atoms with van der Waals surface area (Å²) >= 11 is 0. The van der Waals surface area contributed by atoms with Crippen molar-refractivity contribution in [2.75, 3.05) is 26.8 Å². The Hall–Kier alpha value is -0.930. The van der Waals surface area contributed by atoms with E-state index >= 15 is 0 Å². The quantitative estimate of drug-likeness (QED) is 0.657. The second-order valence-corrected chi connectivity index (χ2v) is 5.43. The summed E-state index contributed by atoms with van der Waals surface area (Å²) in [7, 11) is 1.70. The van der Waals surface area contributed by atoms with Gasteiger partial charge in [0.05, 0.1) is 6.61 Å². The first-order chi connectivity index (χ1) is 9.70. The lowest BCUT2D eigenvalue weighted by atomic mass is 9.73. The van der Waals surface area contributed by atoms with E-state index in [-0.39, 0.29) is 11.2 Å². The molecule has 1 aromatic rings. The van der Waals surface area contributed by atoms with Gasteiger partial charge in [0.1, 0.15) is 5.82 Å². The molecule has 2 nitrogen and oxygen atoms in total. The summed E-state index contributed by atoms with van der Waals surface area (Å²) in [6.45, 7) is 6.63. The Labute approximate surface area is 122 Å². The lowest BCUT2D eigenvalue weighted by molar-refractivity contribution is 0.194. The molecular formula is C17H28FNO. The van der Waals surface area contributed by atoms with Crippen LogP contribution in [0.2, 0.25) is 0 Å². The van der Waals surface area contributed by atoms with E-state index in [1.54, 1.807) is 19.2 Å². The highest BCUT2D eigenvalue weighted by Crippen LogP contribution is 2.35. The number of hydrogen-bond acceptors (Lipinski definition) is 2. The highest BCUT2D eigenvalue weighted by Gasteiger charge is 2.32. The second-order valence-electron chi connectivity index (χ2n) is 5.43. The van der Waals surface area contributed by atoms with Crippen molar-refractivity contribution in [3.8, 4) is 0 Å². The molecule has 0 unspecified atom stereocenters. The Balaban J connectivity index is 2.94. The van der Waals surface area contributed by atoms with Crippen molar-refractivity contribution in [3.05, 3.63) is 35.6 Å². The van der Waals surface area contributed by atoms with Gasteiger partial charge < -0.3 is 10.1 Å². The highest BCUT2D eigenvalue weighted by molar-refractivity contribution is 5.28. The van der Waals surface area contributed by atoms with Gasteiger partial charge >= 0.3 is 0 Å². The fourth-order valence-electron chi connectivity index (χ4n) is 3.02. The van der Waals surface area contributed by atoms with E-state index in [1.807, 2.05) is 12.1 Å². The van der Waals surface area contributed by atoms with E-state index in [1.165, 1.54) is 0 Å². The third-order valence-electron chi connectivity index (χ3n) is 3.85. The maximum Gasteiger partial charge on any atom is 0.127 e. The maximum atomic E-state index is 14.3. The van der Waals surface area contributed by atoms with Crippen LogP contribution < -0.4 is 5.32 Å². The van der Waals surface area contributed by atoms with Gasteiger partial charge in [-0.2, -0.15) is 0 Å². The van der Waals surface area contributed by atoms with Crippen molar-refractivity contribution in [2.24, 2.45) is 0 Å². The fraction of sp³-hybridized carbons (Fsp3) is 0.647. The summed E-state index contributed by atoms with van der Waals surface area (Å²) in [5.41, 5.74) is 0.747. The third-order valence-corrected chi connectivity index (χ3v) is 3.85. The van der Waals surface area contributed by atoms with Crippen molar-refractivity contribution < 1.29 is 9.13 Å². The molecule has 1 rings (SSSR count). The van der Waals surface area contributed by atoms with Crippen LogP contribution in [0, 0.1) is 5.82 Å². The van der Waals surface area contributed by atoms with Crippen molar-refractivity contribution in [1.29, 1.82) is 0 Å². The molecule has 0 atom stereocenters. The van der Waals surface area contributed by atoms with Crippen LogP contribution >= 0.6 is 0 Å². The van der Waals surface area contributed by atoms with Crippen LogP contribution in [0.1, 0.15) is 45.1 Å². The first kappa shape index (κ1) is 17.1. The van der Waals surface area contributed by atoms with Gasteiger partial charge in [-0.1, -0.05) is 44.9 Å². The lowest BCUT2D eigenvalue weighted by Crippen LogP contribution is -2.40. The van der Waals surface area contributed by atoms with Crippen LogP contribution in [0.4, 0.5) is 4.39 Å². The zero-order valence-electron chi connectivity index (χ0n) is 13.0. The number of benzene rings is 1. The van der Waals surface area contributed by atoms with Crippen LogP contribution in [0.5, 0.6) is 0 Å². The molecule has 0 aromatic heterocycles. The Morgan fingerprint density at radius 3 is 2.35 bits per heavy atom. The van der Waals surface area contributed by atoms with E-state index in [2.05, 4.69) is 19.2 Å². The van der Waals surface area contributed by atoms with Crippen molar-refractivity contribution >= 4 is 0 Å². The molecule has 0 aliphatic rings. The van der Waals surface area contributed by atoms with Gasteiger partial charge in [0.25, 0.3) is 0 Å². The Kier molecular flexibility index (Phi) is 7.78. The molecule has 0 fully saturated rings. The van der Waals surface area contributed by atoms with Crippen molar-refractivity contribution in [1.82, 2.24) is 5.32 Å². The molecule has 0 spiro atoms. The molecule has 0 aliphatic carbocycles. The SMILES string of the molecule is CCCC(CCC)(CNCCOC)c1ccccc1F. The smallest absolute Gasteiger partial charge is 0.127 e. The van der Waals surface area contributed by atoms with Gasteiger partial charge in [-0.05, 0) is 24.5 Å². The molecule has 0 saturated heterocycles. The number of ether oxygens (including phenoxy) is 1. The predicted molar refractivity (Wildman–Crippen MR) is 82.6 cm³/mol. The van der Waals surface area contributed by atoms with Crippen molar-refractivity contribution in [2.45, 2.75) is 44.9 Å². The van der Waals surface area contributed by atoms with Crippen LogP contribution in [-0.2, 0) is 10.2 Å². The number of nitrogens with one attached hydrogen (secondary N) is 1. The topological polar surface area (TPSA) is 21.3 Å². The molecule has 1 aromatic carbocycles. The zero-order chi connectivity index (χ0) is 14.8. The van der Waals surface area contributed by atoms with Crippen LogP contribution in [0.25, 0.3) is 0 Å². The highest BCUT2D eigenvalue weighted by atomic mass is 19.1. The average Bonchev–Trinajstić information content (AvgIpc) is 2.44. The molecule has 20 heavy (non-hydrogen) atoms. The summed E-state index contributed by atoms with van der Waals surface area (Å²) in [4.78, 5) is 0. The van der Waals surface area contributed by atoms with E-state index in [0.717, 1.165) is 44.3 Å². The molecule has 0 radical (unpaired) electrons. The number of rotatable bonds is 10. The van der Waals surface area contributed by atoms with Gasteiger partial charge in [-0.25, -0.2) is 4.39 Å². The predicted octanol–water partition coefficient (Wildman–Crippen LogP) is 3.90. The van der Waals surface area contributed by atoms with Crippen LogP contribution in [-0.4, -0.2) is 26.8 Å². The van der Waals surface area contributed by atoms with Gasteiger partial charge in [0.15, 0.2) is 0 Å². The second kappa shape index (κ2) is 9.09. The first-order valence-corrected chi connectivity index (χ1v) is 7.65. The van der Waals surface area contributed by atoms with Gasteiger partial charge in [-0.15, -0.1) is 0 Å². The Morgan fingerprint density at radius 2 is 1.80 bits per heavy atom. The van der Waals surface area contributed by atoms with Gasteiger partial charge in [0, 0.05) is 25.6 Å². The summed E-state index contributed by atoms with van der Waals surface area (Å²) in [6, 6.07) is 7.22. The monoisotopic (exact) mass is 281 g/mol. The van der Waals surface area contributed by atoms with E-state index in [0.29, 0.717) is 6.61 Å². The van der Waals surface area contributed by atoms with E-state index < -0.39 is 0 Å². The fourth-order valence-corrected chi connectivity index (χ4v) is 3.02. The molecule has 114 valence electrons. The summed E-state index contributed by atoms with van der Waals surface area (Å²) in [6.07, 6.45) is 4.12. The zero-order valence-corrected chi connectivity index (χ0v) is 13.0. The molecule has 0 bridgehead atoms. The number of hydrogen-bond donors (Lipinski definition) is 1. The van der Waals surface area contributed by atoms with E-state index in [4.69, 9.17) is 4.74 Å². The molecular weight excluding hydrogens is 253 g/mol. The number of methoxy groups -OCH3 is 1. The van der Waals surface area contributed by atoms with E-state index in [9.17, 15) is 4.39 Å². The average molecular weight is 281 g/mol. The minimum absolute atomic E-state index is 0.0806. The standard InChI is InChI=1S/C17H28FNO/c1-4-10-17(11-5-2,14-19-12-13-20-3)15-8-6-7-9-16(15)18/h6-9,19H,4-5,10-14H2,1-3H3. The molecule has 0 aliphatic heterocycles. The van der Waals surface area contributed by atoms with Gasteiger partial charge in [0.2, 0.25) is 0 Å². The molecule has 0 amide bonds. The Bertz CT molecular complexity index is 375. The van der Waals surface area contributed by atoms with Crippen LogP contribution in [0.15, 0.2) is 24.3 Å². The normalized spacial score (nSPS) is 11.8. The number of halogens is 1. The summed E-state index contributed by atoms with van der Waals surface area (Å²) < 4.78 is 19.3. The maximum absolute atomic E-state index is 14.3. The molecule has 0 heterocycles. The minimum atomic E-state index is -0.109. The van der Waals surface area contributed by atoms with Crippen LogP contribution in [0.3, 0.4) is 0 Å². The minimum Gasteiger partial charge on any atom is -0.383 e. The molecule has 0 saturated carbocycles. The largest absolute Gasteiger partial charge is 0.383 e. The lowest BCUT2D eigenvalue weighted by Gasteiger charge is -2.35. The third kappa shape index (κ3) is 4.57. The van der Waals surface area contributed by atoms with Gasteiger partial charge in [-0.3, -0.25) is 0 Å². The summed E-state index contributed by atoms with van der Waals surface area (Å²) in [5.74, 6) is -0.0806. The first-order valence-electron chi connectivity index (χ1n) is 7.65.